The quantitative estimate of drug-likeness (QED) is 0.831. The summed E-state index contributed by atoms with van der Waals surface area (Å²) >= 11 is 0. The standard InChI is InChI=1S/C13H14F2N2O/c1-16-7-3-6-12-17-8-11(18-12)9-4-2-5-10(14)13(9)15/h2,4-5,8,16H,3,6-7H2,1H3. The van der Waals surface area contributed by atoms with E-state index in [1.54, 1.807) is 0 Å². The van der Waals surface area contributed by atoms with E-state index in [9.17, 15) is 8.78 Å². The van der Waals surface area contributed by atoms with Gasteiger partial charge in [-0.25, -0.2) is 13.8 Å². The van der Waals surface area contributed by atoms with Crippen molar-refractivity contribution in [1.82, 2.24) is 10.3 Å². The Morgan fingerprint density at radius 2 is 2.17 bits per heavy atom. The van der Waals surface area contributed by atoms with Crippen molar-refractivity contribution in [1.29, 1.82) is 0 Å². The Hall–Kier alpha value is -1.75. The summed E-state index contributed by atoms with van der Waals surface area (Å²) in [6, 6.07) is 3.98. The molecule has 1 heterocycles. The van der Waals surface area contributed by atoms with Crippen LogP contribution in [0.4, 0.5) is 8.78 Å². The van der Waals surface area contributed by atoms with Crippen LogP contribution in [0.1, 0.15) is 12.3 Å². The first-order valence-electron chi connectivity index (χ1n) is 5.76. The second kappa shape index (κ2) is 5.73. The highest BCUT2D eigenvalue weighted by molar-refractivity contribution is 5.57. The molecular weight excluding hydrogens is 238 g/mol. The molecule has 5 heteroatoms. The van der Waals surface area contributed by atoms with Gasteiger partial charge >= 0.3 is 0 Å². The molecule has 0 aliphatic carbocycles. The molecule has 0 saturated heterocycles. The summed E-state index contributed by atoms with van der Waals surface area (Å²) < 4.78 is 32.0. The van der Waals surface area contributed by atoms with Crippen molar-refractivity contribution in [2.45, 2.75) is 12.8 Å². The molecule has 0 spiro atoms. The minimum atomic E-state index is -0.907. The third kappa shape index (κ3) is 2.73. The minimum absolute atomic E-state index is 0.0994. The summed E-state index contributed by atoms with van der Waals surface area (Å²) in [5.41, 5.74) is 0.0994. The Bertz CT molecular complexity index is 525. The highest BCUT2D eigenvalue weighted by atomic mass is 19.2. The molecule has 0 aliphatic rings. The molecule has 1 aromatic carbocycles. The lowest BCUT2D eigenvalue weighted by Crippen LogP contribution is -2.08. The number of benzene rings is 1. The molecule has 0 aliphatic heterocycles. The van der Waals surface area contributed by atoms with Crippen LogP contribution in [0.25, 0.3) is 11.3 Å². The number of halogens is 2. The van der Waals surface area contributed by atoms with Crippen LogP contribution in [0.15, 0.2) is 28.8 Å². The molecule has 0 saturated carbocycles. The number of oxazole rings is 1. The van der Waals surface area contributed by atoms with E-state index in [1.807, 2.05) is 7.05 Å². The van der Waals surface area contributed by atoms with Crippen LogP contribution >= 0.6 is 0 Å². The number of hydrogen-bond donors (Lipinski definition) is 1. The first-order valence-corrected chi connectivity index (χ1v) is 5.76. The van der Waals surface area contributed by atoms with E-state index >= 15 is 0 Å². The zero-order chi connectivity index (χ0) is 13.0. The van der Waals surface area contributed by atoms with Crippen molar-refractivity contribution in [3.8, 4) is 11.3 Å². The number of nitrogens with zero attached hydrogens (tertiary/aromatic N) is 1. The molecular formula is C13H14F2N2O. The lowest BCUT2D eigenvalue weighted by Gasteiger charge is -1.99. The number of aryl methyl sites for hydroxylation is 1. The normalized spacial score (nSPS) is 10.8. The SMILES string of the molecule is CNCCCc1ncc(-c2cccc(F)c2F)o1. The van der Waals surface area contributed by atoms with Crippen molar-refractivity contribution < 1.29 is 13.2 Å². The maximum Gasteiger partial charge on any atom is 0.194 e. The molecule has 0 radical (unpaired) electrons. The first kappa shape index (κ1) is 12.7. The minimum Gasteiger partial charge on any atom is -0.441 e. The van der Waals surface area contributed by atoms with Crippen LogP contribution in [0, 0.1) is 11.6 Å². The van der Waals surface area contributed by atoms with E-state index < -0.39 is 11.6 Å². The van der Waals surface area contributed by atoms with Gasteiger partial charge in [-0.05, 0) is 32.1 Å². The van der Waals surface area contributed by atoms with E-state index in [2.05, 4.69) is 10.3 Å². The van der Waals surface area contributed by atoms with E-state index in [-0.39, 0.29) is 11.3 Å². The van der Waals surface area contributed by atoms with Gasteiger partial charge in [0.25, 0.3) is 0 Å². The molecule has 96 valence electrons. The van der Waals surface area contributed by atoms with Crippen LogP contribution in [-0.4, -0.2) is 18.6 Å². The summed E-state index contributed by atoms with van der Waals surface area (Å²) in [5.74, 6) is -1.01. The number of aromatic nitrogens is 1. The van der Waals surface area contributed by atoms with Crippen molar-refractivity contribution in [3.63, 3.8) is 0 Å². The third-order valence-corrected chi connectivity index (χ3v) is 2.59. The molecule has 0 amide bonds. The maximum atomic E-state index is 13.5. The van der Waals surface area contributed by atoms with Crippen molar-refractivity contribution in [2.24, 2.45) is 0 Å². The molecule has 2 rings (SSSR count). The average Bonchev–Trinajstić information content (AvgIpc) is 2.82. The number of hydrogen-bond acceptors (Lipinski definition) is 3. The molecule has 1 aromatic heterocycles. The lowest BCUT2D eigenvalue weighted by molar-refractivity contribution is 0.482. The fourth-order valence-electron chi connectivity index (χ4n) is 1.66. The van der Waals surface area contributed by atoms with Gasteiger partial charge in [-0.1, -0.05) is 6.07 Å². The van der Waals surface area contributed by atoms with Crippen LogP contribution in [0.3, 0.4) is 0 Å². The zero-order valence-corrected chi connectivity index (χ0v) is 10.0. The summed E-state index contributed by atoms with van der Waals surface area (Å²) in [5, 5.41) is 3.01. The van der Waals surface area contributed by atoms with Crippen molar-refractivity contribution >= 4 is 0 Å². The van der Waals surface area contributed by atoms with Crippen LogP contribution < -0.4 is 5.32 Å². The van der Waals surface area contributed by atoms with E-state index in [0.29, 0.717) is 12.3 Å². The highest BCUT2D eigenvalue weighted by Crippen LogP contribution is 2.25. The molecule has 0 atom stereocenters. The molecule has 0 unspecified atom stereocenters. The largest absolute Gasteiger partial charge is 0.441 e. The number of nitrogens with one attached hydrogen (secondary N) is 1. The average molecular weight is 252 g/mol. The predicted octanol–water partition coefficient (Wildman–Crippen LogP) is 2.77. The van der Waals surface area contributed by atoms with E-state index in [0.717, 1.165) is 19.0 Å². The second-order valence-electron chi connectivity index (χ2n) is 3.93. The van der Waals surface area contributed by atoms with Gasteiger partial charge in [-0.2, -0.15) is 0 Å². The van der Waals surface area contributed by atoms with Crippen molar-refractivity contribution in [2.75, 3.05) is 13.6 Å². The maximum absolute atomic E-state index is 13.5. The Morgan fingerprint density at radius 1 is 1.33 bits per heavy atom. The van der Waals surface area contributed by atoms with Crippen LogP contribution in [0.5, 0.6) is 0 Å². The van der Waals surface area contributed by atoms with Gasteiger partial charge < -0.3 is 9.73 Å². The van der Waals surface area contributed by atoms with Gasteiger partial charge in [-0.15, -0.1) is 0 Å². The Labute approximate surface area is 104 Å². The third-order valence-electron chi connectivity index (χ3n) is 2.59. The monoisotopic (exact) mass is 252 g/mol. The van der Waals surface area contributed by atoms with E-state index in [1.165, 1.54) is 18.3 Å². The van der Waals surface area contributed by atoms with E-state index in [4.69, 9.17) is 4.42 Å². The predicted molar refractivity (Wildman–Crippen MR) is 64.1 cm³/mol. The van der Waals surface area contributed by atoms with Crippen LogP contribution in [0.2, 0.25) is 0 Å². The van der Waals surface area contributed by atoms with Crippen LogP contribution in [-0.2, 0) is 6.42 Å². The first-order chi connectivity index (χ1) is 8.72. The molecule has 0 bridgehead atoms. The molecule has 1 N–H and O–H groups in total. The molecule has 0 fully saturated rings. The van der Waals surface area contributed by atoms with Gasteiger partial charge in [0, 0.05) is 6.42 Å². The molecule has 18 heavy (non-hydrogen) atoms. The van der Waals surface area contributed by atoms with Gasteiger partial charge in [0.15, 0.2) is 23.3 Å². The fraction of sp³-hybridized carbons (Fsp3) is 0.308. The van der Waals surface area contributed by atoms with Gasteiger partial charge in [0.05, 0.1) is 11.8 Å². The smallest absolute Gasteiger partial charge is 0.194 e. The second-order valence-corrected chi connectivity index (χ2v) is 3.93. The lowest BCUT2D eigenvalue weighted by atomic mass is 10.2. The summed E-state index contributed by atoms with van der Waals surface area (Å²) in [6.07, 6.45) is 2.96. The Kier molecular flexibility index (Phi) is 4.04. The molecule has 3 nitrogen and oxygen atoms in total. The van der Waals surface area contributed by atoms with Gasteiger partial charge in [0.2, 0.25) is 0 Å². The topological polar surface area (TPSA) is 38.1 Å². The fourth-order valence-corrected chi connectivity index (χ4v) is 1.66. The Balaban J connectivity index is 2.16. The number of rotatable bonds is 5. The molecule has 2 aromatic rings. The summed E-state index contributed by atoms with van der Waals surface area (Å²) in [4.78, 5) is 4.05. The van der Waals surface area contributed by atoms with Gasteiger partial charge in [-0.3, -0.25) is 0 Å². The van der Waals surface area contributed by atoms with Gasteiger partial charge in [0.1, 0.15) is 0 Å². The summed E-state index contributed by atoms with van der Waals surface area (Å²) in [6.45, 7) is 0.853. The highest BCUT2D eigenvalue weighted by Gasteiger charge is 2.13. The van der Waals surface area contributed by atoms with Crippen molar-refractivity contribution in [3.05, 3.63) is 41.9 Å². The zero-order valence-electron chi connectivity index (χ0n) is 10.0. The Morgan fingerprint density at radius 3 is 2.94 bits per heavy atom. The summed E-state index contributed by atoms with van der Waals surface area (Å²) in [7, 11) is 1.86.